The van der Waals surface area contributed by atoms with Gasteiger partial charge in [-0.2, -0.15) is 5.10 Å². The molecule has 152 valence electrons. The third-order valence-electron chi connectivity index (χ3n) is 4.44. The normalized spacial score (nSPS) is 12.1. The summed E-state index contributed by atoms with van der Waals surface area (Å²) in [5.74, 6) is -0.144. The fourth-order valence-electron chi connectivity index (χ4n) is 2.90. The Hall–Kier alpha value is -3.10. The van der Waals surface area contributed by atoms with E-state index in [0.717, 1.165) is 5.56 Å². The Labute approximate surface area is 181 Å². The molecule has 1 unspecified atom stereocenters. The molecular weight excluding hydrogens is 422 g/mol. The van der Waals surface area contributed by atoms with Gasteiger partial charge in [-0.15, -0.1) is 0 Å². The van der Waals surface area contributed by atoms with Crippen LogP contribution in [0.1, 0.15) is 12.5 Å². The van der Waals surface area contributed by atoms with Crippen LogP contribution >= 0.6 is 23.4 Å². The molecule has 2 N–H and O–H groups in total. The maximum atomic E-state index is 12.5. The van der Waals surface area contributed by atoms with Crippen molar-refractivity contribution in [3.63, 3.8) is 0 Å². The topological polar surface area (TPSA) is 92.7 Å². The lowest BCUT2D eigenvalue weighted by molar-refractivity contribution is -0.120. The first-order valence-electron chi connectivity index (χ1n) is 9.23. The number of aromatic amines is 1. The molecule has 0 aliphatic rings. The van der Waals surface area contributed by atoms with Crippen LogP contribution in [0.5, 0.6) is 0 Å². The molecule has 0 radical (unpaired) electrons. The van der Waals surface area contributed by atoms with Crippen molar-refractivity contribution in [1.29, 1.82) is 0 Å². The summed E-state index contributed by atoms with van der Waals surface area (Å²) in [5, 5.41) is 7.99. The highest BCUT2D eigenvalue weighted by Gasteiger charge is 2.18. The number of nitrogens with one attached hydrogen (secondary N) is 2. The predicted molar refractivity (Wildman–Crippen MR) is 118 cm³/mol. The average molecular weight is 440 g/mol. The van der Waals surface area contributed by atoms with Crippen molar-refractivity contribution in [2.24, 2.45) is 0 Å². The van der Waals surface area contributed by atoms with E-state index in [1.807, 2.05) is 36.4 Å². The number of amides is 1. The van der Waals surface area contributed by atoms with Gasteiger partial charge in [0.05, 0.1) is 17.1 Å². The fourth-order valence-corrected chi connectivity index (χ4v) is 3.90. The second-order valence-electron chi connectivity index (χ2n) is 6.61. The van der Waals surface area contributed by atoms with Crippen molar-refractivity contribution in [2.75, 3.05) is 0 Å². The highest BCUT2D eigenvalue weighted by atomic mass is 35.5. The van der Waals surface area contributed by atoms with E-state index in [0.29, 0.717) is 33.4 Å². The van der Waals surface area contributed by atoms with Crippen molar-refractivity contribution in [1.82, 2.24) is 25.1 Å². The van der Waals surface area contributed by atoms with Gasteiger partial charge in [-0.1, -0.05) is 59.8 Å². The van der Waals surface area contributed by atoms with Crippen molar-refractivity contribution >= 4 is 40.3 Å². The first-order valence-corrected chi connectivity index (χ1v) is 10.5. The Morgan fingerprint density at radius 2 is 2.03 bits per heavy atom. The molecule has 0 spiro atoms. The molecule has 9 heteroatoms. The quantitative estimate of drug-likeness (QED) is 0.354. The fraction of sp³-hybridized carbons (Fsp3) is 0.143. The zero-order valence-corrected chi connectivity index (χ0v) is 17.6. The molecule has 1 atom stereocenters. The van der Waals surface area contributed by atoms with Crippen LogP contribution in [0.3, 0.4) is 0 Å². The zero-order valence-electron chi connectivity index (χ0n) is 16.0. The maximum absolute atomic E-state index is 12.5. The van der Waals surface area contributed by atoms with Crippen LogP contribution in [0, 0.1) is 0 Å². The molecular formula is C21H18ClN5O2S. The van der Waals surface area contributed by atoms with Crippen LogP contribution < -0.4 is 10.9 Å². The minimum Gasteiger partial charge on any atom is -0.351 e. The van der Waals surface area contributed by atoms with Crippen LogP contribution in [0.15, 0.2) is 70.7 Å². The van der Waals surface area contributed by atoms with E-state index in [4.69, 9.17) is 11.6 Å². The summed E-state index contributed by atoms with van der Waals surface area (Å²) in [6.07, 6.45) is 1.46. The summed E-state index contributed by atoms with van der Waals surface area (Å²) in [5.41, 5.74) is 1.80. The molecule has 2 aromatic heterocycles. The van der Waals surface area contributed by atoms with Crippen LogP contribution in [-0.2, 0) is 11.3 Å². The van der Waals surface area contributed by atoms with Gasteiger partial charge in [-0.25, -0.2) is 9.67 Å². The molecule has 4 rings (SSSR count). The van der Waals surface area contributed by atoms with Gasteiger partial charge in [0.1, 0.15) is 5.39 Å². The average Bonchev–Trinajstić information content (AvgIpc) is 3.17. The van der Waals surface area contributed by atoms with Gasteiger partial charge in [0.2, 0.25) is 5.91 Å². The van der Waals surface area contributed by atoms with Gasteiger partial charge in [0.25, 0.3) is 5.56 Å². The molecule has 0 saturated carbocycles. The molecule has 0 bridgehead atoms. The highest BCUT2D eigenvalue weighted by Crippen LogP contribution is 2.22. The van der Waals surface area contributed by atoms with E-state index in [2.05, 4.69) is 20.4 Å². The lowest BCUT2D eigenvalue weighted by atomic mass is 10.2. The minimum absolute atomic E-state index is 0.144. The lowest BCUT2D eigenvalue weighted by Gasteiger charge is -2.11. The number of carbonyl (C=O) groups is 1. The molecule has 2 heterocycles. The van der Waals surface area contributed by atoms with Crippen molar-refractivity contribution in [2.45, 2.75) is 23.9 Å². The number of hydrogen-bond acceptors (Lipinski definition) is 5. The van der Waals surface area contributed by atoms with E-state index in [1.165, 1.54) is 18.0 Å². The minimum atomic E-state index is -0.447. The number of benzene rings is 2. The van der Waals surface area contributed by atoms with Crippen molar-refractivity contribution in [3.8, 4) is 5.69 Å². The molecule has 7 nitrogen and oxygen atoms in total. The van der Waals surface area contributed by atoms with Gasteiger partial charge in [0, 0.05) is 11.6 Å². The largest absolute Gasteiger partial charge is 0.351 e. The highest BCUT2D eigenvalue weighted by molar-refractivity contribution is 8.00. The lowest BCUT2D eigenvalue weighted by Crippen LogP contribution is -2.30. The Morgan fingerprint density at radius 1 is 1.23 bits per heavy atom. The predicted octanol–water partition coefficient (Wildman–Crippen LogP) is 3.56. The van der Waals surface area contributed by atoms with Crippen molar-refractivity contribution in [3.05, 3.63) is 81.7 Å². The summed E-state index contributed by atoms with van der Waals surface area (Å²) in [6.45, 7) is 2.21. The van der Waals surface area contributed by atoms with E-state index in [9.17, 15) is 9.59 Å². The van der Waals surface area contributed by atoms with Gasteiger partial charge >= 0.3 is 0 Å². The number of rotatable bonds is 6. The van der Waals surface area contributed by atoms with Crippen LogP contribution in [0.4, 0.5) is 0 Å². The monoisotopic (exact) mass is 439 g/mol. The first-order chi connectivity index (χ1) is 14.5. The summed E-state index contributed by atoms with van der Waals surface area (Å²) in [4.78, 5) is 32.2. The number of nitrogens with zero attached hydrogens (tertiary/aromatic N) is 3. The molecule has 2 aromatic carbocycles. The SMILES string of the molecule is CC(Sc1nc2c(cnn2-c2cccc(Cl)c2)c(=O)[nH]1)C(=O)NCc1ccccc1. The summed E-state index contributed by atoms with van der Waals surface area (Å²) in [6, 6.07) is 16.8. The van der Waals surface area contributed by atoms with Gasteiger partial charge in [-0.3, -0.25) is 9.59 Å². The summed E-state index contributed by atoms with van der Waals surface area (Å²) >= 11 is 7.26. The van der Waals surface area contributed by atoms with Gasteiger partial charge in [-0.05, 0) is 30.7 Å². The Balaban J connectivity index is 1.54. The first kappa shape index (κ1) is 20.2. The van der Waals surface area contributed by atoms with Crippen molar-refractivity contribution < 1.29 is 4.79 Å². The second-order valence-corrected chi connectivity index (χ2v) is 8.37. The molecule has 0 aliphatic carbocycles. The number of aromatic nitrogens is 4. The Kier molecular flexibility index (Phi) is 5.87. The molecule has 1 amide bonds. The molecule has 4 aromatic rings. The van der Waals surface area contributed by atoms with E-state index >= 15 is 0 Å². The number of fused-ring (bicyclic) bond motifs is 1. The number of H-pyrrole nitrogens is 1. The van der Waals surface area contributed by atoms with Crippen LogP contribution in [0.25, 0.3) is 16.7 Å². The molecule has 0 fully saturated rings. The van der Waals surface area contributed by atoms with Crippen LogP contribution in [-0.4, -0.2) is 30.9 Å². The molecule has 0 aliphatic heterocycles. The number of halogens is 1. The number of hydrogen-bond donors (Lipinski definition) is 2. The third-order valence-corrected chi connectivity index (χ3v) is 5.66. The Bertz CT molecular complexity index is 1260. The molecule has 0 saturated heterocycles. The standard InChI is InChI=1S/C21H18ClN5O2S/c1-13(19(28)23-11-14-6-3-2-4-7-14)30-21-25-18-17(20(29)26-21)12-24-27(18)16-9-5-8-15(22)10-16/h2-10,12-13H,11H2,1H3,(H,23,28)(H,25,26,29). The van der Waals surface area contributed by atoms with E-state index in [-0.39, 0.29) is 11.5 Å². The van der Waals surface area contributed by atoms with E-state index < -0.39 is 5.25 Å². The number of thioether (sulfide) groups is 1. The van der Waals surface area contributed by atoms with Crippen LogP contribution in [0.2, 0.25) is 5.02 Å². The smallest absolute Gasteiger partial charge is 0.262 e. The van der Waals surface area contributed by atoms with Gasteiger partial charge in [0.15, 0.2) is 10.8 Å². The Morgan fingerprint density at radius 3 is 2.80 bits per heavy atom. The summed E-state index contributed by atoms with van der Waals surface area (Å²) in [7, 11) is 0. The molecule has 30 heavy (non-hydrogen) atoms. The number of carbonyl (C=O) groups excluding carboxylic acids is 1. The maximum Gasteiger partial charge on any atom is 0.262 e. The van der Waals surface area contributed by atoms with Gasteiger partial charge < -0.3 is 10.3 Å². The van der Waals surface area contributed by atoms with E-state index in [1.54, 1.807) is 29.8 Å². The zero-order chi connectivity index (χ0) is 21.1. The third kappa shape index (κ3) is 4.39. The summed E-state index contributed by atoms with van der Waals surface area (Å²) < 4.78 is 1.56. The second kappa shape index (κ2) is 8.73.